The Kier molecular flexibility index (Phi) is 2.74. The molecule has 0 radical (unpaired) electrons. The van der Waals surface area contributed by atoms with E-state index in [1.807, 2.05) is 0 Å². The molecule has 0 bridgehead atoms. The molecule has 66 valence electrons. The maximum atomic E-state index is 3.99. The largest absolute Gasteiger partial charge is 0.349 e. The van der Waals surface area contributed by atoms with Crippen LogP contribution in [0.2, 0.25) is 0 Å². The topological polar surface area (TPSA) is 3.24 Å². The summed E-state index contributed by atoms with van der Waals surface area (Å²) in [5, 5.41) is 0. The van der Waals surface area contributed by atoms with Crippen molar-refractivity contribution in [2.75, 3.05) is 7.05 Å². The first-order valence-corrected chi connectivity index (χ1v) is 4.46. The van der Waals surface area contributed by atoms with Crippen molar-refractivity contribution in [1.29, 1.82) is 0 Å². The third-order valence-corrected chi connectivity index (χ3v) is 2.16. The Hall–Kier alpha value is -0.980. The van der Waals surface area contributed by atoms with Gasteiger partial charge in [-0.25, -0.2) is 0 Å². The molecular formula is C11H17N. The van der Waals surface area contributed by atoms with Crippen LogP contribution in [0.4, 0.5) is 0 Å². The zero-order valence-corrected chi connectivity index (χ0v) is 8.22. The van der Waals surface area contributed by atoms with E-state index in [0.717, 1.165) is 12.1 Å². The van der Waals surface area contributed by atoms with E-state index in [1.165, 1.54) is 17.7 Å². The second-order valence-corrected chi connectivity index (χ2v) is 3.32. The van der Waals surface area contributed by atoms with Gasteiger partial charge in [-0.3, -0.25) is 0 Å². The van der Waals surface area contributed by atoms with E-state index in [-0.39, 0.29) is 0 Å². The maximum absolute atomic E-state index is 3.99. The summed E-state index contributed by atoms with van der Waals surface area (Å²) in [4.78, 5) is 2.16. The molecule has 0 aromatic rings. The highest BCUT2D eigenvalue weighted by molar-refractivity contribution is 5.36. The highest BCUT2D eigenvalue weighted by Crippen LogP contribution is 2.22. The Morgan fingerprint density at radius 1 is 1.42 bits per heavy atom. The Morgan fingerprint density at radius 3 is 2.67 bits per heavy atom. The van der Waals surface area contributed by atoms with Gasteiger partial charge >= 0.3 is 0 Å². The van der Waals surface area contributed by atoms with Gasteiger partial charge in [-0.15, -0.1) is 0 Å². The summed E-state index contributed by atoms with van der Waals surface area (Å²) in [6, 6.07) is 0. The average molecular weight is 163 g/mol. The summed E-state index contributed by atoms with van der Waals surface area (Å²) in [6.07, 6.45) is 6.68. The lowest BCUT2D eigenvalue weighted by Gasteiger charge is -2.26. The number of hydrogen-bond acceptors (Lipinski definition) is 1. The SMILES string of the molecule is C=C1C=C(C)C=C(CCC)N1C. The van der Waals surface area contributed by atoms with E-state index in [9.17, 15) is 0 Å². The van der Waals surface area contributed by atoms with E-state index in [0.29, 0.717) is 0 Å². The summed E-state index contributed by atoms with van der Waals surface area (Å²) in [7, 11) is 2.08. The molecule has 12 heavy (non-hydrogen) atoms. The van der Waals surface area contributed by atoms with Gasteiger partial charge < -0.3 is 4.90 Å². The van der Waals surface area contributed by atoms with E-state index in [4.69, 9.17) is 0 Å². The molecular weight excluding hydrogens is 146 g/mol. The molecule has 0 spiro atoms. The highest BCUT2D eigenvalue weighted by atomic mass is 15.1. The van der Waals surface area contributed by atoms with Crippen LogP contribution in [-0.2, 0) is 0 Å². The molecule has 1 rings (SSSR count). The van der Waals surface area contributed by atoms with Crippen molar-refractivity contribution in [3.63, 3.8) is 0 Å². The predicted molar refractivity (Wildman–Crippen MR) is 53.7 cm³/mol. The fourth-order valence-electron chi connectivity index (χ4n) is 1.44. The molecule has 1 aliphatic rings. The van der Waals surface area contributed by atoms with Gasteiger partial charge in [-0.05, 0) is 31.1 Å². The van der Waals surface area contributed by atoms with Crippen LogP contribution >= 0.6 is 0 Å². The number of nitrogens with zero attached hydrogens (tertiary/aromatic N) is 1. The first-order chi connectivity index (χ1) is 5.65. The van der Waals surface area contributed by atoms with Crippen molar-refractivity contribution >= 4 is 0 Å². The van der Waals surface area contributed by atoms with Gasteiger partial charge in [-0.1, -0.05) is 19.9 Å². The van der Waals surface area contributed by atoms with Crippen molar-refractivity contribution in [2.24, 2.45) is 0 Å². The molecule has 1 nitrogen and oxygen atoms in total. The fourth-order valence-corrected chi connectivity index (χ4v) is 1.44. The molecule has 1 heteroatoms. The van der Waals surface area contributed by atoms with Crippen molar-refractivity contribution < 1.29 is 0 Å². The van der Waals surface area contributed by atoms with Gasteiger partial charge in [0.1, 0.15) is 0 Å². The van der Waals surface area contributed by atoms with Crippen molar-refractivity contribution in [3.05, 3.63) is 35.7 Å². The monoisotopic (exact) mass is 163 g/mol. The van der Waals surface area contributed by atoms with Crippen LogP contribution in [0.15, 0.2) is 35.7 Å². The first-order valence-electron chi connectivity index (χ1n) is 4.46. The van der Waals surface area contributed by atoms with Crippen molar-refractivity contribution in [3.8, 4) is 0 Å². The molecule has 1 aliphatic heterocycles. The van der Waals surface area contributed by atoms with Crippen LogP contribution < -0.4 is 0 Å². The van der Waals surface area contributed by atoms with Crippen LogP contribution in [-0.4, -0.2) is 11.9 Å². The summed E-state index contributed by atoms with van der Waals surface area (Å²) >= 11 is 0. The van der Waals surface area contributed by atoms with Crippen LogP contribution in [0.5, 0.6) is 0 Å². The number of likely N-dealkylation sites (N-methyl/N-ethyl adjacent to an activating group) is 1. The average Bonchev–Trinajstić information content (AvgIpc) is 2.00. The standard InChI is InChI=1S/C11H17N/c1-5-6-11-8-9(2)7-10(3)12(11)4/h7-8H,3,5-6H2,1-2,4H3. The Bertz CT molecular complexity index is 246. The summed E-state index contributed by atoms with van der Waals surface area (Å²) in [6.45, 7) is 8.31. The molecule has 0 aromatic carbocycles. The van der Waals surface area contributed by atoms with Crippen molar-refractivity contribution in [1.82, 2.24) is 4.90 Å². The van der Waals surface area contributed by atoms with E-state index < -0.39 is 0 Å². The minimum absolute atomic E-state index is 1.10. The highest BCUT2D eigenvalue weighted by Gasteiger charge is 2.09. The van der Waals surface area contributed by atoms with Gasteiger partial charge in [-0.2, -0.15) is 0 Å². The maximum Gasteiger partial charge on any atom is 0.0335 e. The Balaban J connectivity index is 2.83. The second-order valence-electron chi connectivity index (χ2n) is 3.32. The predicted octanol–water partition coefficient (Wildman–Crippen LogP) is 3.08. The van der Waals surface area contributed by atoms with Gasteiger partial charge in [0.25, 0.3) is 0 Å². The smallest absolute Gasteiger partial charge is 0.0335 e. The Morgan fingerprint density at radius 2 is 2.08 bits per heavy atom. The zero-order chi connectivity index (χ0) is 9.14. The lowest BCUT2D eigenvalue weighted by Crippen LogP contribution is -2.18. The summed E-state index contributed by atoms with van der Waals surface area (Å²) in [5.41, 5.74) is 3.78. The third kappa shape index (κ3) is 1.79. The number of hydrogen-bond donors (Lipinski definition) is 0. The van der Waals surface area contributed by atoms with E-state index >= 15 is 0 Å². The molecule has 1 heterocycles. The minimum atomic E-state index is 1.10. The van der Waals surface area contributed by atoms with Crippen LogP contribution in [0.25, 0.3) is 0 Å². The van der Waals surface area contributed by atoms with E-state index in [1.54, 1.807) is 0 Å². The Labute approximate surface area is 75.1 Å². The molecule has 0 fully saturated rings. The number of allylic oxidation sites excluding steroid dienone is 4. The first kappa shape index (κ1) is 9.11. The minimum Gasteiger partial charge on any atom is -0.349 e. The lowest BCUT2D eigenvalue weighted by atomic mass is 10.1. The molecule has 0 atom stereocenters. The van der Waals surface area contributed by atoms with Crippen LogP contribution in [0, 0.1) is 0 Å². The summed E-state index contributed by atoms with van der Waals surface area (Å²) < 4.78 is 0. The second kappa shape index (κ2) is 3.61. The molecule has 0 unspecified atom stereocenters. The molecule has 0 saturated carbocycles. The molecule has 0 aliphatic carbocycles. The summed E-state index contributed by atoms with van der Waals surface area (Å²) in [5.74, 6) is 0. The molecule has 0 aromatic heterocycles. The molecule has 0 amide bonds. The van der Waals surface area contributed by atoms with Gasteiger partial charge in [0.15, 0.2) is 0 Å². The fraction of sp³-hybridized carbons (Fsp3) is 0.455. The van der Waals surface area contributed by atoms with Crippen molar-refractivity contribution in [2.45, 2.75) is 26.7 Å². The normalized spacial score (nSPS) is 17.6. The number of rotatable bonds is 2. The lowest BCUT2D eigenvalue weighted by molar-refractivity contribution is 0.501. The molecule has 0 N–H and O–H groups in total. The van der Waals surface area contributed by atoms with Gasteiger partial charge in [0, 0.05) is 18.4 Å². The van der Waals surface area contributed by atoms with E-state index in [2.05, 4.69) is 44.5 Å². The molecule has 0 saturated heterocycles. The van der Waals surface area contributed by atoms with Crippen LogP contribution in [0.1, 0.15) is 26.7 Å². The van der Waals surface area contributed by atoms with Gasteiger partial charge in [0.2, 0.25) is 0 Å². The quantitative estimate of drug-likeness (QED) is 0.604. The third-order valence-electron chi connectivity index (χ3n) is 2.16. The zero-order valence-electron chi connectivity index (χ0n) is 8.22. The van der Waals surface area contributed by atoms with Crippen LogP contribution in [0.3, 0.4) is 0 Å². The van der Waals surface area contributed by atoms with Gasteiger partial charge in [0.05, 0.1) is 0 Å².